The third kappa shape index (κ3) is 1.98. The maximum Gasteiger partial charge on any atom is 0.195 e. The number of H-pyrrole nitrogens is 1. The number of ether oxygens (including phenoxy) is 1. The molecule has 2 heterocycles. The van der Waals surface area contributed by atoms with Gasteiger partial charge >= 0.3 is 0 Å². The van der Waals surface area contributed by atoms with Crippen LogP contribution in [0.4, 0.5) is 0 Å². The van der Waals surface area contributed by atoms with Crippen molar-refractivity contribution in [2.24, 2.45) is 0 Å². The number of aromatic amines is 1. The van der Waals surface area contributed by atoms with E-state index in [1.54, 1.807) is 0 Å². The first-order valence-corrected chi connectivity index (χ1v) is 6.73. The molecule has 0 fully saturated rings. The highest BCUT2D eigenvalue weighted by atomic mass is 16.5. The number of para-hydroxylation sites is 1. The second-order valence-corrected chi connectivity index (χ2v) is 6.19. The molecule has 0 bridgehead atoms. The Labute approximate surface area is 112 Å². The number of fused-ring (bicyclic) bond motifs is 2. The maximum absolute atomic E-state index is 12.6. The summed E-state index contributed by atoms with van der Waals surface area (Å²) in [7, 11) is 0. The van der Waals surface area contributed by atoms with Crippen molar-refractivity contribution >= 4 is 10.9 Å². The molecular formula is C16H19NO2. The number of nitrogens with one attached hydrogen (secondary N) is 1. The van der Waals surface area contributed by atoms with Gasteiger partial charge in [-0.2, -0.15) is 0 Å². The van der Waals surface area contributed by atoms with Crippen LogP contribution >= 0.6 is 0 Å². The lowest BCUT2D eigenvalue weighted by molar-refractivity contribution is 0.108. The van der Waals surface area contributed by atoms with Crippen molar-refractivity contribution in [3.8, 4) is 0 Å². The average Bonchev–Trinajstić information content (AvgIpc) is 2.37. The number of rotatable bonds is 0. The monoisotopic (exact) mass is 257 g/mol. The Morgan fingerprint density at radius 3 is 2.79 bits per heavy atom. The van der Waals surface area contributed by atoms with Crippen LogP contribution in [0.25, 0.3) is 10.9 Å². The fourth-order valence-electron chi connectivity index (χ4n) is 2.74. The SMILES string of the molecule is CC(C)(C)c1cccc2c(=O)c3c([nH]c12)CCOC3. The predicted molar refractivity (Wildman–Crippen MR) is 76.6 cm³/mol. The van der Waals surface area contributed by atoms with Crippen LogP contribution in [0.1, 0.15) is 37.6 Å². The number of aromatic nitrogens is 1. The van der Waals surface area contributed by atoms with Crippen molar-refractivity contribution in [1.82, 2.24) is 4.98 Å². The molecule has 1 N–H and O–H groups in total. The van der Waals surface area contributed by atoms with Crippen molar-refractivity contribution in [2.75, 3.05) is 6.61 Å². The quantitative estimate of drug-likeness (QED) is 0.788. The van der Waals surface area contributed by atoms with Gasteiger partial charge in [0.25, 0.3) is 0 Å². The first-order valence-electron chi connectivity index (χ1n) is 6.73. The average molecular weight is 257 g/mol. The van der Waals surface area contributed by atoms with Gasteiger partial charge in [-0.3, -0.25) is 4.79 Å². The molecule has 1 aromatic heterocycles. The molecule has 3 rings (SSSR count). The normalized spacial score (nSPS) is 15.5. The summed E-state index contributed by atoms with van der Waals surface area (Å²) in [6, 6.07) is 5.97. The fraction of sp³-hybridized carbons (Fsp3) is 0.438. The number of hydrogen-bond donors (Lipinski definition) is 1. The molecule has 1 aromatic carbocycles. The molecule has 0 aliphatic carbocycles. The standard InChI is InChI=1S/C16H19NO2/c1-16(2,3)12-6-4-5-10-14(12)17-13-7-8-19-9-11(13)15(10)18/h4-6H,7-9H2,1-3H3,(H,17,18). The van der Waals surface area contributed by atoms with Crippen LogP contribution in [0.15, 0.2) is 23.0 Å². The van der Waals surface area contributed by atoms with Crippen LogP contribution in [0.2, 0.25) is 0 Å². The van der Waals surface area contributed by atoms with E-state index in [0.29, 0.717) is 13.2 Å². The van der Waals surface area contributed by atoms with E-state index in [4.69, 9.17) is 4.74 Å². The molecule has 1 aliphatic heterocycles. The van der Waals surface area contributed by atoms with Crippen molar-refractivity contribution in [3.63, 3.8) is 0 Å². The molecule has 19 heavy (non-hydrogen) atoms. The molecule has 0 amide bonds. The lowest BCUT2D eigenvalue weighted by Crippen LogP contribution is -2.23. The lowest BCUT2D eigenvalue weighted by Gasteiger charge is -2.23. The van der Waals surface area contributed by atoms with E-state index in [9.17, 15) is 4.79 Å². The summed E-state index contributed by atoms with van der Waals surface area (Å²) < 4.78 is 5.40. The van der Waals surface area contributed by atoms with Crippen molar-refractivity contribution in [2.45, 2.75) is 39.2 Å². The van der Waals surface area contributed by atoms with Gasteiger partial charge in [0, 0.05) is 23.1 Å². The minimum atomic E-state index is 0.0157. The van der Waals surface area contributed by atoms with Crippen molar-refractivity contribution in [1.29, 1.82) is 0 Å². The Morgan fingerprint density at radius 2 is 2.05 bits per heavy atom. The molecule has 2 aromatic rings. The molecule has 0 radical (unpaired) electrons. The van der Waals surface area contributed by atoms with Crippen LogP contribution in [0.5, 0.6) is 0 Å². The summed E-state index contributed by atoms with van der Waals surface area (Å²) in [5.41, 5.74) is 4.15. The second-order valence-electron chi connectivity index (χ2n) is 6.19. The van der Waals surface area contributed by atoms with Gasteiger partial charge in [-0.1, -0.05) is 32.9 Å². The Kier molecular flexibility index (Phi) is 2.75. The van der Waals surface area contributed by atoms with Crippen LogP contribution in [0.3, 0.4) is 0 Å². The first kappa shape index (κ1) is 12.4. The molecule has 0 unspecified atom stereocenters. The van der Waals surface area contributed by atoms with Gasteiger partial charge < -0.3 is 9.72 Å². The van der Waals surface area contributed by atoms with Gasteiger partial charge in [0.1, 0.15) is 0 Å². The van der Waals surface area contributed by atoms with Crippen LogP contribution in [-0.4, -0.2) is 11.6 Å². The molecule has 3 nitrogen and oxygen atoms in total. The minimum absolute atomic E-state index is 0.0157. The highest BCUT2D eigenvalue weighted by Crippen LogP contribution is 2.28. The van der Waals surface area contributed by atoms with Crippen LogP contribution < -0.4 is 5.43 Å². The molecule has 0 saturated carbocycles. The van der Waals surface area contributed by atoms with Crippen molar-refractivity contribution in [3.05, 3.63) is 45.2 Å². The summed E-state index contributed by atoms with van der Waals surface area (Å²) in [5.74, 6) is 0. The zero-order valence-electron chi connectivity index (χ0n) is 11.7. The Balaban J connectivity index is 2.39. The van der Waals surface area contributed by atoms with Gasteiger partial charge in [0.2, 0.25) is 0 Å². The van der Waals surface area contributed by atoms with Gasteiger partial charge in [-0.05, 0) is 17.0 Å². The summed E-state index contributed by atoms with van der Waals surface area (Å²) in [5, 5.41) is 0.775. The van der Waals surface area contributed by atoms with E-state index < -0.39 is 0 Å². The smallest absolute Gasteiger partial charge is 0.195 e. The zero-order valence-corrected chi connectivity index (χ0v) is 11.7. The van der Waals surface area contributed by atoms with Gasteiger partial charge in [0.15, 0.2) is 5.43 Å². The number of benzene rings is 1. The summed E-state index contributed by atoms with van der Waals surface area (Å²) in [6.07, 6.45) is 0.791. The fourth-order valence-corrected chi connectivity index (χ4v) is 2.74. The minimum Gasteiger partial charge on any atom is -0.376 e. The molecule has 0 saturated heterocycles. The maximum atomic E-state index is 12.6. The molecule has 0 spiro atoms. The van der Waals surface area contributed by atoms with E-state index in [1.165, 1.54) is 5.56 Å². The highest BCUT2D eigenvalue weighted by Gasteiger charge is 2.21. The Hall–Kier alpha value is -1.61. The van der Waals surface area contributed by atoms with Crippen molar-refractivity contribution < 1.29 is 4.74 Å². The van der Waals surface area contributed by atoms with Crippen LogP contribution in [0, 0.1) is 0 Å². The molecular weight excluding hydrogens is 238 g/mol. The largest absolute Gasteiger partial charge is 0.376 e. The lowest BCUT2D eigenvalue weighted by atomic mass is 9.85. The van der Waals surface area contributed by atoms with Gasteiger partial charge in [0.05, 0.1) is 18.7 Å². The van der Waals surface area contributed by atoms with E-state index in [-0.39, 0.29) is 10.8 Å². The van der Waals surface area contributed by atoms with E-state index in [0.717, 1.165) is 28.6 Å². The van der Waals surface area contributed by atoms with E-state index in [2.05, 4.69) is 31.8 Å². The molecule has 3 heteroatoms. The topological polar surface area (TPSA) is 42.1 Å². The Morgan fingerprint density at radius 1 is 1.26 bits per heavy atom. The summed E-state index contributed by atoms with van der Waals surface area (Å²) in [6.45, 7) is 7.63. The molecule has 100 valence electrons. The van der Waals surface area contributed by atoms with Gasteiger partial charge in [-0.15, -0.1) is 0 Å². The number of hydrogen-bond acceptors (Lipinski definition) is 2. The Bertz CT molecular complexity index is 692. The summed E-state index contributed by atoms with van der Waals surface area (Å²) >= 11 is 0. The number of pyridine rings is 1. The third-order valence-corrected chi connectivity index (χ3v) is 3.77. The molecule has 1 aliphatic rings. The first-order chi connectivity index (χ1) is 8.98. The second kappa shape index (κ2) is 4.20. The van der Waals surface area contributed by atoms with E-state index >= 15 is 0 Å². The molecule has 0 atom stereocenters. The highest BCUT2D eigenvalue weighted by molar-refractivity contribution is 5.83. The summed E-state index contributed by atoms with van der Waals surface area (Å²) in [4.78, 5) is 16.0. The van der Waals surface area contributed by atoms with E-state index in [1.807, 2.05) is 12.1 Å². The zero-order chi connectivity index (χ0) is 13.6. The van der Waals surface area contributed by atoms with Gasteiger partial charge in [-0.25, -0.2) is 0 Å². The van der Waals surface area contributed by atoms with Crippen LogP contribution in [-0.2, 0) is 23.2 Å². The third-order valence-electron chi connectivity index (χ3n) is 3.77. The predicted octanol–water partition coefficient (Wildman–Crippen LogP) is 2.90.